The molecule has 0 radical (unpaired) electrons. The second-order valence-corrected chi connectivity index (χ2v) is 10.9. The Morgan fingerprint density at radius 3 is 2.48 bits per heavy atom. The third-order valence-electron chi connectivity index (χ3n) is 7.46. The van der Waals surface area contributed by atoms with E-state index in [0.717, 1.165) is 70.5 Å². The third-order valence-corrected chi connectivity index (χ3v) is 8.03. The van der Waals surface area contributed by atoms with E-state index in [1.807, 2.05) is 12.1 Å². The number of amides is 1. The first-order valence-electron chi connectivity index (χ1n) is 12.9. The minimum Gasteiger partial charge on any atom is -0.369 e. The Labute approximate surface area is 200 Å². The van der Waals surface area contributed by atoms with Crippen LogP contribution in [0.4, 0.5) is 11.4 Å². The maximum absolute atomic E-state index is 12.1. The second kappa shape index (κ2) is 12.2. The summed E-state index contributed by atoms with van der Waals surface area (Å²) in [5.41, 5.74) is 2.05. The molecule has 2 aliphatic carbocycles. The minimum absolute atomic E-state index is 0.0871. The van der Waals surface area contributed by atoms with Gasteiger partial charge in [-0.05, 0) is 62.8 Å². The number of rotatable bonds is 11. The number of anilines is 2. The van der Waals surface area contributed by atoms with Crippen molar-refractivity contribution in [1.29, 1.82) is 0 Å². The van der Waals surface area contributed by atoms with Crippen molar-refractivity contribution in [2.45, 2.75) is 70.3 Å². The number of hydrogen-bond acceptors (Lipinski definition) is 5. The predicted molar refractivity (Wildman–Crippen MR) is 134 cm³/mol. The van der Waals surface area contributed by atoms with Crippen LogP contribution in [0.5, 0.6) is 0 Å². The van der Waals surface area contributed by atoms with Crippen molar-refractivity contribution >= 4 is 28.2 Å². The molecule has 1 saturated heterocycles. The lowest BCUT2D eigenvalue weighted by Gasteiger charge is -2.36. The van der Waals surface area contributed by atoms with Gasteiger partial charge in [-0.3, -0.25) is 9.69 Å². The first-order chi connectivity index (χ1) is 16.1. The number of carbonyl (C=O) groups excluding carboxylic acids is 1. The highest BCUT2D eigenvalue weighted by Crippen LogP contribution is 2.31. The predicted octanol–water partition coefficient (Wildman–Crippen LogP) is 3.39. The van der Waals surface area contributed by atoms with Gasteiger partial charge in [0.15, 0.2) is 0 Å². The first-order valence-corrected chi connectivity index (χ1v) is 14.0. The summed E-state index contributed by atoms with van der Waals surface area (Å²) in [7, 11) is -2.53. The molecule has 1 unspecified atom stereocenters. The lowest BCUT2D eigenvalue weighted by atomic mass is 9.84. The Hall–Kier alpha value is -1.64. The van der Waals surface area contributed by atoms with Gasteiger partial charge in [0.2, 0.25) is 16.8 Å². The van der Waals surface area contributed by atoms with Crippen LogP contribution >= 0.6 is 0 Å². The van der Waals surface area contributed by atoms with Crippen LogP contribution in [0.25, 0.3) is 0 Å². The van der Waals surface area contributed by atoms with Crippen LogP contribution in [0, 0.1) is 11.8 Å². The smallest absolute Gasteiger partial charge is 0.227 e. The van der Waals surface area contributed by atoms with E-state index in [2.05, 4.69) is 32.0 Å². The molecule has 184 valence electrons. The Morgan fingerprint density at radius 2 is 1.79 bits per heavy atom. The Morgan fingerprint density at radius 1 is 1.03 bits per heavy atom. The highest BCUT2D eigenvalue weighted by atomic mass is 32.2. The van der Waals surface area contributed by atoms with Gasteiger partial charge in [0.25, 0.3) is 0 Å². The highest BCUT2D eigenvalue weighted by Gasteiger charge is 2.29. The number of benzene rings is 1. The van der Waals surface area contributed by atoms with Gasteiger partial charge < -0.3 is 10.2 Å². The molecule has 1 aromatic rings. The van der Waals surface area contributed by atoms with Gasteiger partial charge in [-0.15, -0.1) is 0 Å². The molecule has 2 N–H and O–H groups in total. The van der Waals surface area contributed by atoms with Crippen LogP contribution < -0.4 is 14.9 Å². The van der Waals surface area contributed by atoms with Gasteiger partial charge in [-0.1, -0.05) is 38.2 Å². The van der Waals surface area contributed by atoms with Crippen molar-refractivity contribution in [3.63, 3.8) is 0 Å². The van der Waals surface area contributed by atoms with Crippen LogP contribution in [-0.4, -0.2) is 58.0 Å². The number of nitrogens with one attached hydrogen (secondary N) is 2. The van der Waals surface area contributed by atoms with E-state index in [1.165, 1.54) is 37.8 Å². The summed E-state index contributed by atoms with van der Waals surface area (Å²) < 4.78 is 25.4. The van der Waals surface area contributed by atoms with E-state index in [0.29, 0.717) is 5.92 Å². The number of thiol groups is 1. The number of carbonyl (C=O) groups is 1. The zero-order chi connectivity index (χ0) is 23.0. The summed E-state index contributed by atoms with van der Waals surface area (Å²) in [4.78, 5) is 16.9. The van der Waals surface area contributed by atoms with Gasteiger partial charge in [-0.2, -0.15) is 0 Å². The van der Waals surface area contributed by atoms with Crippen LogP contribution in [0.2, 0.25) is 0 Å². The monoisotopic (exact) mass is 476 g/mol. The van der Waals surface area contributed by atoms with E-state index in [-0.39, 0.29) is 17.9 Å². The van der Waals surface area contributed by atoms with E-state index in [9.17, 15) is 13.2 Å². The van der Waals surface area contributed by atoms with Crippen LogP contribution in [0.3, 0.4) is 0 Å². The molecule has 8 heteroatoms. The normalized spacial score (nSPS) is 21.3. The van der Waals surface area contributed by atoms with Crippen molar-refractivity contribution in [3.8, 4) is 0 Å². The maximum atomic E-state index is 12.1. The van der Waals surface area contributed by atoms with E-state index in [1.54, 1.807) is 0 Å². The molecule has 0 bridgehead atoms. The Balaban J connectivity index is 1.19. The van der Waals surface area contributed by atoms with E-state index < -0.39 is 10.9 Å². The van der Waals surface area contributed by atoms with Crippen molar-refractivity contribution in [2.24, 2.45) is 11.8 Å². The summed E-state index contributed by atoms with van der Waals surface area (Å²) in [5, 5.41) is 3.05. The van der Waals surface area contributed by atoms with Crippen LogP contribution in [0.15, 0.2) is 24.3 Å². The third kappa shape index (κ3) is 7.97. The summed E-state index contributed by atoms with van der Waals surface area (Å²) in [6.07, 6.45) is 11.4. The zero-order valence-electron chi connectivity index (χ0n) is 19.7. The van der Waals surface area contributed by atoms with Crippen molar-refractivity contribution in [2.75, 3.05) is 42.9 Å². The van der Waals surface area contributed by atoms with Gasteiger partial charge in [-0.25, -0.2) is 13.1 Å². The van der Waals surface area contributed by atoms with Crippen LogP contribution in [0.1, 0.15) is 64.2 Å². The van der Waals surface area contributed by atoms with Gasteiger partial charge in [0.1, 0.15) is 0 Å². The standard InChI is InChI=1S/C25H40N4O3S/c30-25(21-11-12-21)26-22-8-4-10-24(19-22)29-16-14-28(15-17-29)13-5-9-23(27-33(31)32)18-20-6-2-1-3-7-20/h4,8,10,19-21,23,33H,1-3,5-7,9,11-18H2,(H,26,30)(H,27,31,32). The average molecular weight is 477 g/mol. The van der Waals surface area contributed by atoms with Crippen molar-refractivity contribution in [1.82, 2.24) is 9.62 Å². The quantitative estimate of drug-likeness (QED) is 0.427. The summed E-state index contributed by atoms with van der Waals surface area (Å²) in [6.45, 7) is 4.97. The molecule has 1 atom stereocenters. The average Bonchev–Trinajstić information content (AvgIpc) is 3.66. The number of piperazine rings is 1. The Bertz CT molecular complexity index is 836. The maximum Gasteiger partial charge on any atom is 0.227 e. The Kier molecular flexibility index (Phi) is 9.03. The fraction of sp³-hybridized carbons (Fsp3) is 0.720. The van der Waals surface area contributed by atoms with Crippen molar-refractivity contribution in [3.05, 3.63) is 24.3 Å². The highest BCUT2D eigenvalue weighted by molar-refractivity contribution is 7.70. The van der Waals surface area contributed by atoms with E-state index in [4.69, 9.17) is 0 Å². The summed E-state index contributed by atoms with van der Waals surface area (Å²) in [6, 6.07) is 8.28. The van der Waals surface area contributed by atoms with Gasteiger partial charge in [0.05, 0.1) is 0 Å². The largest absolute Gasteiger partial charge is 0.369 e. The van der Waals surface area contributed by atoms with Crippen molar-refractivity contribution < 1.29 is 13.2 Å². The van der Waals surface area contributed by atoms with E-state index >= 15 is 0 Å². The molecule has 1 heterocycles. The van der Waals surface area contributed by atoms with Crippen LogP contribution in [-0.2, 0) is 15.7 Å². The molecule has 3 fully saturated rings. The number of nitrogens with zero attached hydrogens (tertiary/aromatic N) is 2. The topological polar surface area (TPSA) is 81.8 Å². The minimum atomic E-state index is -2.53. The molecular formula is C25H40N4O3S. The lowest BCUT2D eigenvalue weighted by molar-refractivity contribution is -0.117. The first kappa shape index (κ1) is 24.5. The number of hydrogen-bond donors (Lipinski definition) is 3. The molecule has 1 aromatic carbocycles. The molecule has 1 aliphatic heterocycles. The zero-order valence-corrected chi connectivity index (χ0v) is 20.6. The molecular weight excluding hydrogens is 436 g/mol. The molecule has 33 heavy (non-hydrogen) atoms. The SMILES string of the molecule is O=C(Nc1cccc(N2CCN(CCCC(CC3CCCCC3)N[SH](=O)=O)CC2)c1)C1CC1. The summed E-state index contributed by atoms with van der Waals surface area (Å²) in [5.74, 6) is 1.04. The molecule has 7 nitrogen and oxygen atoms in total. The van der Waals surface area contributed by atoms with Gasteiger partial charge in [0, 0.05) is 49.5 Å². The molecule has 2 saturated carbocycles. The molecule has 1 amide bonds. The lowest BCUT2D eigenvalue weighted by Crippen LogP contribution is -2.46. The summed E-state index contributed by atoms with van der Waals surface area (Å²) >= 11 is 0. The second-order valence-electron chi connectivity index (χ2n) is 10.1. The fourth-order valence-electron chi connectivity index (χ4n) is 5.37. The molecule has 0 aromatic heterocycles. The molecule has 0 spiro atoms. The fourth-order valence-corrected chi connectivity index (χ4v) is 5.90. The molecule has 4 rings (SSSR count). The van der Waals surface area contributed by atoms with Gasteiger partial charge >= 0.3 is 0 Å². The molecule has 3 aliphatic rings.